The fourth-order valence-corrected chi connectivity index (χ4v) is 2.19. The molecule has 0 atom stereocenters. The number of halogens is 2. The molecule has 0 bridgehead atoms. The van der Waals surface area contributed by atoms with Gasteiger partial charge in [-0.25, -0.2) is 4.39 Å². The summed E-state index contributed by atoms with van der Waals surface area (Å²) in [6.45, 7) is 2.58. The first-order valence-corrected chi connectivity index (χ1v) is 6.81. The monoisotopic (exact) mass is 300 g/mol. The smallest absolute Gasteiger partial charge is 0.141 e. The quantitative estimate of drug-likeness (QED) is 0.869. The zero-order chi connectivity index (χ0) is 12.3. The molecule has 2 nitrogen and oxygen atoms in total. The number of nitrogens with zero attached hydrogens (tertiary/aromatic N) is 1. The standard InChI is InChI=1S/C13H18BrFN2/c1-17(8-7-16-11-5-6-11)9-10-3-2-4-12(14)13(10)15/h2-4,11,16H,5-9H2,1H3. The number of hydrogen-bond donors (Lipinski definition) is 1. The lowest BCUT2D eigenvalue weighted by atomic mass is 10.2. The molecule has 0 unspecified atom stereocenters. The predicted molar refractivity (Wildman–Crippen MR) is 71.5 cm³/mol. The van der Waals surface area contributed by atoms with Crippen molar-refractivity contribution in [2.45, 2.75) is 25.4 Å². The lowest BCUT2D eigenvalue weighted by molar-refractivity contribution is 0.318. The number of nitrogens with one attached hydrogen (secondary N) is 1. The molecule has 94 valence electrons. The summed E-state index contributed by atoms with van der Waals surface area (Å²) < 4.78 is 14.3. The van der Waals surface area contributed by atoms with Gasteiger partial charge in [0.05, 0.1) is 4.47 Å². The van der Waals surface area contributed by atoms with Gasteiger partial charge in [-0.3, -0.25) is 0 Å². The minimum absolute atomic E-state index is 0.144. The van der Waals surface area contributed by atoms with E-state index in [-0.39, 0.29) is 5.82 Å². The van der Waals surface area contributed by atoms with Gasteiger partial charge in [0.1, 0.15) is 5.82 Å². The second-order valence-electron chi connectivity index (χ2n) is 4.68. The molecule has 0 amide bonds. The van der Waals surface area contributed by atoms with Crippen LogP contribution in [-0.2, 0) is 6.54 Å². The van der Waals surface area contributed by atoms with Gasteiger partial charge in [-0.2, -0.15) is 0 Å². The van der Waals surface area contributed by atoms with Gasteiger partial charge >= 0.3 is 0 Å². The van der Waals surface area contributed by atoms with Crippen molar-refractivity contribution in [2.75, 3.05) is 20.1 Å². The number of rotatable bonds is 6. The van der Waals surface area contributed by atoms with E-state index in [0.29, 0.717) is 11.0 Å². The van der Waals surface area contributed by atoms with Gasteiger partial charge in [-0.05, 0) is 41.9 Å². The maximum absolute atomic E-state index is 13.7. The summed E-state index contributed by atoms with van der Waals surface area (Å²) in [6, 6.07) is 6.18. The minimum atomic E-state index is -0.144. The van der Waals surface area contributed by atoms with Crippen LogP contribution < -0.4 is 5.32 Å². The summed E-state index contributed by atoms with van der Waals surface area (Å²) in [7, 11) is 2.02. The number of hydrogen-bond acceptors (Lipinski definition) is 2. The van der Waals surface area contributed by atoms with E-state index in [1.54, 1.807) is 6.07 Å². The van der Waals surface area contributed by atoms with Gasteiger partial charge in [-0.1, -0.05) is 12.1 Å². The SMILES string of the molecule is CN(CCNC1CC1)Cc1cccc(Br)c1F. The molecular weight excluding hydrogens is 283 g/mol. The average Bonchev–Trinajstić information content (AvgIpc) is 3.09. The third kappa shape index (κ3) is 4.05. The summed E-state index contributed by atoms with van der Waals surface area (Å²) >= 11 is 3.21. The Balaban J connectivity index is 1.79. The molecule has 1 aliphatic rings. The van der Waals surface area contributed by atoms with Gasteiger partial charge < -0.3 is 10.2 Å². The molecule has 0 spiro atoms. The average molecular weight is 301 g/mol. The minimum Gasteiger partial charge on any atom is -0.313 e. The third-order valence-electron chi connectivity index (χ3n) is 2.98. The van der Waals surface area contributed by atoms with E-state index in [9.17, 15) is 4.39 Å². The van der Waals surface area contributed by atoms with Crippen molar-refractivity contribution in [2.24, 2.45) is 0 Å². The van der Waals surface area contributed by atoms with Crippen LogP contribution in [0.25, 0.3) is 0 Å². The lowest BCUT2D eigenvalue weighted by Gasteiger charge is -2.17. The Morgan fingerprint density at radius 3 is 2.94 bits per heavy atom. The molecule has 1 aromatic rings. The highest BCUT2D eigenvalue weighted by atomic mass is 79.9. The zero-order valence-corrected chi connectivity index (χ0v) is 11.6. The molecule has 1 aliphatic carbocycles. The molecular formula is C13H18BrFN2. The number of likely N-dealkylation sites (N-methyl/N-ethyl adjacent to an activating group) is 1. The molecule has 1 fully saturated rings. The van der Waals surface area contributed by atoms with Gasteiger partial charge in [-0.15, -0.1) is 0 Å². The van der Waals surface area contributed by atoms with Crippen LogP contribution in [-0.4, -0.2) is 31.1 Å². The van der Waals surface area contributed by atoms with Crippen LogP contribution in [0.4, 0.5) is 4.39 Å². The summed E-state index contributed by atoms with van der Waals surface area (Å²) in [5, 5.41) is 3.45. The second-order valence-corrected chi connectivity index (χ2v) is 5.53. The van der Waals surface area contributed by atoms with Crippen LogP contribution in [0.1, 0.15) is 18.4 Å². The van der Waals surface area contributed by atoms with Crippen molar-refractivity contribution in [3.63, 3.8) is 0 Å². The molecule has 0 heterocycles. The molecule has 0 radical (unpaired) electrons. The van der Waals surface area contributed by atoms with Crippen molar-refractivity contribution in [3.8, 4) is 0 Å². The highest BCUT2D eigenvalue weighted by Crippen LogP contribution is 2.20. The van der Waals surface area contributed by atoms with E-state index >= 15 is 0 Å². The predicted octanol–water partition coefficient (Wildman–Crippen LogP) is 2.77. The topological polar surface area (TPSA) is 15.3 Å². The Labute approximate surface area is 110 Å². The van der Waals surface area contributed by atoms with Gasteiger partial charge in [0.25, 0.3) is 0 Å². The van der Waals surface area contributed by atoms with Gasteiger partial charge in [0, 0.05) is 31.2 Å². The highest BCUT2D eigenvalue weighted by Gasteiger charge is 2.19. The van der Waals surface area contributed by atoms with E-state index < -0.39 is 0 Å². The summed E-state index contributed by atoms with van der Waals surface area (Å²) in [6.07, 6.45) is 2.62. The first-order valence-electron chi connectivity index (χ1n) is 6.01. The van der Waals surface area contributed by atoms with E-state index in [4.69, 9.17) is 0 Å². The molecule has 1 aromatic carbocycles. The van der Waals surface area contributed by atoms with Crippen LogP contribution in [0, 0.1) is 5.82 Å². The largest absolute Gasteiger partial charge is 0.313 e. The first kappa shape index (κ1) is 13.0. The van der Waals surface area contributed by atoms with Crippen LogP contribution in [0.3, 0.4) is 0 Å². The lowest BCUT2D eigenvalue weighted by Crippen LogP contribution is -2.30. The van der Waals surface area contributed by atoms with E-state index in [1.165, 1.54) is 12.8 Å². The van der Waals surface area contributed by atoms with Gasteiger partial charge in [0.15, 0.2) is 0 Å². The van der Waals surface area contributed by atoms with E-state index in [1.807, 2.05) is 19.2 Å². The Morgan fingerprint density at radius 1 is 1.47 bits per heavy atom. The normalized spacial score (nSPS) is 15.5. The van der Waals surface area contributed by atoms with Crippen LogP contribution >= 0.6 is 15.9 Å². The molecule has 0 aromatic heterocycles. The van der Waals surface area contributed by atoms with E-state index in [0.717, 1.165) is 24.7 Å². The molecule has 2 rings (SSSR count). The first-order chi connectivity index (χ1) is 8.16. The fourth-order valence-electron chi connectivity index (χ4n) is 1.79. The molecule has 1 saturated carbocycles. The Bertz CT molecular complexity index is 380. The summed E-state index contributed by atoms with van der Waals surface area (Å²) in [5.41, 5.74) is 0.744. The number of benzene rings is 1. The van der Waals surface area contributed by atoms with Crippen LogP contribution in [0.2, 0.25) is 0 Å². The fraction of sp³-hybridized carbons (Fsp3) is 0.538. The molecule has 0 saturated heterocycles. The summed E-state index contributed by atoms with van der Waals surface area (Å²) in [5.74, 6) is -0.144. The highest BCUT2D eigenvalue weighted by molar-refractivity contribution is 9.10. The zero-order valence-electron chi connectivity index (χ0n) is 10.0. The van der Waals surface area contributed by atoms with Crippen LogP contribution in [0.5, 0.6) is 0 Å². The molecule has 4 heteroatoms. The van der Waals surface area contributed by atoms with Gasteiger partial charge in [0.2, 0.25) is 0 Å². The van der Waals surface area contributed by atoms with Crippen molar-refractivity contribution < 1.29 is 4.39 Å². The van der Waals surface area contributed by atoms with Crippen molar-refractivity contribution in [1.29, 1.82) is 0 Å². The molecule has 17 heavy (non-hydrogen) atoms. The Hall–Kier alpha value is -0.450. The maximum Gasteiger partial charge on any atom is 0.141 e. The molecule has 0 aliphatic heterocycles. The maximum atomic E-state index is 13.7. The summed E-state index contributed by atoms with van der Waals surface area (Å²) in [4.78, 5) is 2.14. The van der Waals surface area contributed by atoms with Crippen molar-refractivity contribution in [3.05, 3.63) is 34.1 Å². The van der Waals surface area contributed by atoms with Crippen LogP contribution in [0.15, 0.2) is 22.7 Å². The second kappa shape index (κ2) is 5.94. The van der Waals surface area contributed by atoms with E-state index in [2.05, 4.69) is 26.1 Å². The Kier molecular flexibility index (Phi) is 4.54. The molecule has 1 N–H and O–H groups in total. The van der Waals surface area contributed by atoms with Crippen molar-refractivity contribution in [1.82, 2.24) is 10.2 Å². The third-order valence-corrected chi connectivity index (χ3v) is 3.59. The Morgan fingerprint density at radius 2 is 2.24 bits per heavy atom. The van der Waals surface area contributed by atoms with Crippen molar-refractivity contribution >= 4 is 15.9 Å².